The minimum absolute atomic E-state index is 0.00246. The van der Waals surface area contributed by atoms with E-state index in [0.717, 1.165) is 0 Å². The molecule has 82 valence electrons. The van der Waals surface area contributed by atoms with E-state index in [0.29, 0.717) is 6.61 Å². The molecule has 1 atom stereocenters. The second kappa shape index (κ2) is 6.20. The monoisotopic (exact) mass is 203 g/mol. The third-order valence-corrected chi connectivity index (χ3v) is 1.95. The van der Waals surface area contributed by atoms with Gasteiger partial charge in [0, 0.05) is 13.7 Å². The van der Waals surface area contributed by atoms with Crippen LogP contribution in [0.3, 0.4) is 0 Å². The zero-order chi connectivity index (χ0) is 11.1. The number of hydrogen-bond donors (Lipinski definition) is 2. The van der Waals surface area contributed by atoms with Gasteiger partial charge in [-0.3, -0.25) is 4.79 Å². The number of ether oxygens (including phenoxy) is 1. The molecule has 1 unspecified atom stereocenters. The SMILES string of the molecule is CCOCC(=O)N(C)C(C)C(N)=NO. The van der Waals surface area contributed by atoms with Crippen molar-refractivity contribution in [3.63, 3.8) is 0 Å². The predicted octanol–water partition coefficient (Wildman–Crippen LogP) is -0.384. The fourth-order valence-electron chi connectivity index (χ4n) is 0.789. The Bertz CT molecular complexity index is 218. The second-order valence-corrected chi connectivity index (χ2v) is 2.84. The lowest BCUT2D eigenvalue weighted by molar-refractivity contribution is -0.135. The van der Waals surface area contributed by atoms with Crippen LogP contribution in [0.15, 0.2) is 5.16 Å². The Balaban J connectivity index is 4.17. The molecular weight excluding hydrogens is 186 g/mol. The Morgan fingerprint density at radius 3 is 2.71 bits per heavy atom. The van der Waals surface area contributed by atoms with Gasteiger partial charge in [0.1, 0.15) is 6.61 Å². The van der Waals surface area contributed by atoms with Gasteiger partial charge in [-0.1, -0.05) is 5.16 Å². The van der Waals surface area contributed by atoms with Crippen molar-refractivity contribution in [2.75, 3.05) is 20.3 Å². The van der Waals surface area contributed by atoms with Gasteiger partial charge in [-0.2, -0.15) is 0 Å². The van der Waals surface area contributed by atoms with Gasteiger partial charge in [-0.05, 0) is 13.8 Å². The highest BCUT2D eigenvalue weighted by Crippen LogP contribution is 1.96. The summed E-state index contributed by atoms with van der Waals surface area (Å²) in [5.74, 6) is -0.205. The van der Waals surface area contributed by atoms with Crippen LogP contribution in [0.5, 0.6) is 0 Å². The van der Waals surface area contributed by atoms with Gasteiger partial charge in [0.2, 0.25) is 5.91 Å². The number of carbonyl (C=O) groups excluding carboxylic acids is 1. The van der Waals surface area contributed by atoms with Crippen LogP contribution in [0.1, 0.15) is 13.8 Å². The smallest absolute Gasteiger partial charge is 0.248 e. The Morgan fingerprint density at radius 2 is 2.29 bits per heavy atom. The molecular formula is C8H17N3O3. The highest BCUT2D eigenvalue weighted by atomic mass is 16.5. The van der Waals surface area contributed by atoms with Crippen molar-refractivity contribution in [2.24, 2.45) is 10.9 Å². The van der Waals surface area contributed by atoms with Crippen molar-refractivity contribution in [3.8, 4) is 0 Å². The van der Waals surface area contributed by atoms with E-state index in [1.807, 2.05) is 0 Å². The molecule has 1 amide bonds. The van der Waals surface area contributed by atoms with Crippen LogP contribution in [0, 0.1) is 0 Å². The number of hydrogen-bond acceptors (Lipinski definition) is 4. The Morgan fingerprint density at radius 1 is 1.71 bits per heavy atom. The molecule has 0 radical (unpaired) electrons. The summed E-state index contributed by atoms with van der Waals surface area (Å²) in [4.78, 5) is 12.7. The maximum atomic E-state index is 11.4. The van der Waals surface area contributed by atoms with Gasteiger partial charge in [-0.25, -0.2) is 0 Å². The first-order valence-electron chi connectivity index (χ1n) is 4.35. The lowest BCUT2D eigenvalue weighted by atomic mass is 10.3. The van der Waals surface area contributed by atoms with Crippen LogP contribution in [-0.4, -0.2) is 48.2 Å². The molecule has 0 aliphatic rings. The third-order valence-electron chi connectivity index (χ3n) is 1.95. The Kier molecular flexibility index (Phi) is 5.62. The quantitative estimate of drug-likeness (QED) is 0.276. The van der Waals surface area contributed by atoms with E-state index in [4.69, 9.17) is 15.7 Å². The first kappa shape index (κ1) is 12.7. The summed E-state index contributed by atoms with van der Waals surface area (Å²) < 4.78 is 4.95. The Labute approximate surface area is 83.3 Å². The molecule has 0 aromatic carbocycles. The van der Waals surface area contributed by atoms with Gasteiger partial charge >= 0.3 is 0 Å². The maximum absolute atomic E-state index is 11.4. The van der Waals surface area contributed by atoms with Crippen LogP contribution in [-0.2, 0) is 9.53 Å². The molecule has 6 nitrogen and oxygen atoms in total. The third kappa shape index (κ3) is 3.61. The summed E-state index contributed by atoms with van der Waals surface area (Å²) in [7, 11) is 1.57. The molecule has 0 saturated heterocycles. The molecule has 0 aliphatic heterocycles. The highest BCUT2D eigenvalue weighted by Gasteiger charge is 2.18. The zero-order valence-electron chi connectivity index (χ0n) is 8.73. The highest BCUT2D eigenvalue weighted by molar-refractivity contribution is 5.89. The zero-order valence-corrected chi connectivity index (χ0v) is 8.73. The molecule has 3 N–H and O–H groups in total. The minimum atomic E-state index is -0.437. The van der Waals surface area contributed by atoms with Crippen molar-refractivity contribution in [1.82, 2.24) is 4.90 Å². The van der Waals surface area contributed by atoms with E-state index >= 15 is 0 Å². The second-order valence-electron chi connectivity index (χ2n) is 2.84. The summed E-state index contributed by atoms with van der Waals surface area (Å²) in [6, 6.07) is -0.437. The number of oxime groups is 1. The molecule has 0 spiro atoms. The number of rotatable bonds is 5. The van der Waals surface area contributed by atoms with E-state index in [9.17, 15) is 4.79 Å². The van der Waals surface area contributed by atoms with Crippen LogP contribution in [0.2, 0.25) is 0 Å². The number of nitrogens with two attached hydrogens (primary N) is 1. The fraction of sp³-hybridized carbons (Fsp3) is 0.750. The summed E-state index contributed by atoms with van der Waals surface area (Å²) in [6.07, 6.45) is 0. The van der Waals surface area contributed by atoms with Gasteiger partial charge < -0.3 is 20.6 Å². The summed E-state index contributed by atoms with van der Waals surface area (Å²) >= 11 is 0. The van der Waals surface area contributed by atoms with Crippen molar-refractivity contribution in [2.45, 2.75) is 19.9 Å². The molecule has 0 aromatic rings. The van der Waals surface area contributed by atoms with Crippen LogP contribution in [0.4, 0.5) is 0 Å². The maximum Gasteiger partial charge on any atom is 0.248 e. The lowest BCUT2D eigenvalue weighted by Gasteiger charge is -2.23. The van der Waals surface area contributed by atoms with E-state index in [1.165, 1.54) is 4.90 Å². The van der Waals surface area contributed by atoms with Gasteiger partial charge in [0.05, 0.1) is 6.04 Å². The number of nitrogens with zero attached hydrogens (tertiary/aromatic N) is 2. The number of likely N-dealkylation sites (N-methyl/N-ethyl adjacent to an activating group) is 1. The van der Waals surface area contributed by atoms with E-state index in [2.05, 4.69) is 5.16 Å². The van der Waals surface area contributed by atoms with Crippen molar-refractivity contribution >= 4 is 11.7 Å². The minimum Gasteiger partial charge on any atom is -0.409 e. The topological polar surface area (TPSA) is 88.2 Å². The van der Waals surface area contributed by atoms with Gasteiger partial charge in [0.15, 0.2) is 5.84 Å². The number of amidine groups is 1. The van der Waals surface area contributed by atoms with Crippen molar-refractivity contribution < 1.29 is 14.7 Å². The molecule has 0 fully saturated rings. The first-order chi connectivity index (χ1) is 6.54. The molecule has 0 saturated carbocycles. The number of carbonyl (C=O) groups is 1. The molecule has 0 aromatic heterocycles. The van der Waals surface area contributed by atoms with Crippen molar-refractivity contribution in [1.29, 1.82) is 0 Å². The predicted molar refractivity (Wildman–Crippen MR) is 52.1 cm³/mol. The van der Waals surface area contributed by atoms with Gasteiger partial charge in [0.25, 0.3) is 0 Å². The number of amides is 1. The van der Waals surface area contributed by atoms with E-state index in [1.54, 1.807) is 20.9 Å². The van der Waals surface area contributed by atoms with E-state index in [-0.39, 0.29) is 18.3 Å². The lowest BCUT2D eigenvalue weighted by Crippen LogP contribution is -2.45. The summed E-state index contributed by atoms with van der Waals surface area (Å²) in [5, 5.41) is 11.2. The summed E-state index contributed by atoms with van der Waals surface area (Å²) in [6.45, 7) is 3.97. The average Bonchev–Trinajstić information content (AvgIpc) is 2.22. The molecule has 0 bridgehead atoms. The summed E-state index contributed by atoms with van der Waals surface area (Å²) in [5.41, 5.74) is 5.35. The molecule has 14 heavy (non-hydrogen) atoms. The van der Waals surface area contributed by atoms with Crippen molar-refractivity contribution in [3.05, 3.63) is 0 Å². The normalized spacial score (nSPS) is 13.8. The van der Waals surface area contributed by atoms with E-state index < -0.39 is 6.04 Å². The first-order valence-corrected chi connectivity index (χ1v) is 4.35. The molecule has 0 heterocycles. The largest absolute Gasteiger partial charge is 0.409 e. The van der Waals surface area contributed by atoms with Crippen LogP contribution in [0.25, 0.3) is 0 Å². The average molecular weight is 203 g/mol. The Hall–Kier alpha value is -1.30. The molecule has 0 rings (SSSR count). The van der Waals surface area contributed by atoms with Crippen LogP contribution < -0.4 is 5.73 Å². The van der Waals surface area contributed by atoms with Crippen LogP contribution >= 0.6 is 0 Å². The molecule has 6 heteroatoms. The van der Waals surface area contributed by atoms with Gasteiger partial charge in [-0.15, -0.1) is 0 Å². The standard InChI is InChI=1S/C8H17N3O3/c1-4-14-5-7(12)11(3)6(2)8(9)10-13/h6,13H,4-5H2,1-3H3,(H2,9,10). The molecule has 0 aliphatic carbocycles. The fourth-order valence-corrected chi connectivity index (χ4v) is 0.789.